The van der Waals surface area contributed by atoms with Crippen LogP contribution in [0.25, 0.3) is 98.5 Å². The number of para-hydroxylation sites is 1. The second-order valence-electron chi connectivity index (χ2n) is 12.4. The predicted octanol–water partition coefficient (Wildman–Crippen LogP) is 12.5. The third-order valence-electron chi connectivity index (χ3n) is 9.35. The van der Waals surface area contributed by atoms with Crippen LogP contribution in [0.2, 0.25) is 0 Å². The molecule has 50 heavy (non-hydrogen) atoms. The van der Waals surface area contributed by atoms with Crippen molar-refractivity contribution in [2.75, 3.05) is 0 Å². The summed E-state index contributed by atoms with van der Waals surface area (Å²) < 4.78 is 9.17. The van der Waals surface area contributed by atoms with Gasteiger partial charge in [-0.2, -0.15) is 0 Å². The first-order chi connectivity index (χ1) is 24.8. The van der Waals surface area contributed by atoms with Crippen molar-refractivity contribution in [3.63, 3.8) is 0 Å². The number of thiophene rings is 1. The van der Waals surface area contributed by atoms with E-state index in [9.17, 15) is 0 Å². The van der Waals surface area contributed by atoms with Crippen LogP contribution in [0.5, 0.6) is 0 Å². The van der Waals surface area contributed by atoms with Gasteiger partial charge in [0.15, 0.2) is 17.5 Å². The Balaban J connectivity index is 1.23. The van der Waals surface area contributed by atoms with E-state index in [0.29, 0.717) is 17.5 Å². The minimum absolute atomic E-state index is 0.564. The van der Waals surface area contributed by atoms with Crippen LogP contribution in [0.1, 0.15) is 0 Å². The van der Waals surface area contributed by atoms with E-state index in [1.54, 1.807) is 11.3 Å². The summed E-state index contributed by atoms with van der Waals surface area (Å²) >= 11 is 1.80. The first kappa shape index (κ1) is 28.6. The fourth-order valence-corrected chi connectivity index (χ4v) is 8.04. The molecule has 0 saturated heterocycles. The highest BCUT2D eigenvalue weighted by Gasteiger charge is 2.21. The van der Waals surface area contributed by atoms with Crippen molar-refractivity contribution in [3.05, 3.63) is 164 Å². The largest absolute Gasteiger partial charge is 0.455 e. The molecule has 3 aromatic heterocycles. The topological polar surface area (TPSA) is 51.8 Å². The van der Waals surface area contributed by atoms with Crippen molar-refractivity contribution in [2.24, 2.45) is 0 Å². The smallest absolute Gasteiger partial charge is 0.167 e. The van der Waals surface area contributed by atoms with Gasteiger partial charge in [0.25, 0.3) is 0 Å². The van der Waals surface area contributed by atoms with Crippen LogP contribution in [-0.2, 0) is 0 Å². The minimum Gasteiger partial charge on any atom is -0.455 e. The quantitative estimate of drug-likeness (QED) is 0.185. The minimum atomic E-state index is 0.564. The number of hydrogen-bond acceptors (Lipinski definition) is 5. The van der Waals surface area contributed by atoms with Crippen LogP contribution in [0.4, 0.5) is 0 Å². The lowest BCUT2D eigenvalue weighted by atomic mass is 9.97. The van der Waals surface area contributed by atoms with E-state index in [1.807, 2.05) is 24.3 Å². The van der Waals surface area contributed by atoms with Gasteiger partial charge in [-0.25, -0.2) is 15.0 Å². The highest BCUT2D eigenvalue weighted by atomic mass is 32.1. The fraction of sp³-hybridized carbons (Fsp3) is 0. The molecule has 0 atom stereocenters. The Hall–Kier alpha value is -6.43. The zero-order valence-electron chi connectivity index (χ0n) is 26.7. The Bertz CT molecular complexity index is 2870. The summed E-state index contributed by atoms with van der Waals surface area (Å²) in [6, 6.07) is 56.8. The molecule has 0 unspecified atom stereocenters. The second kappa shape index (κ2) is 11.6. The Kier molecular flexibility index (Phi) is 6.64. The molecule has 0 radical (unpaired) electrons. The first-order valence-electron chi connectivity index (χ1n) is 16.6. The summed E-state index contributed by atoms with van der Waals surface area (Å²) in [6.07, 6.45) is 0. The third kappa shape index (κ3) is 4.79. The lowest BCUT2D eigenvalue weighted by molar-refractivity contribution is 0.669. The molecule has 0 fully saturated rings. The number of hydrogen-bond donors (Lipinski definition) is 0. The molecular weight excluding hydrogens is 631 g/mol. The van der Waals surface area contributed by atoms with Crippen LogP contribution in [0.3, 0.4) is 0 Å². The Morgan fingerprint density at radius 3 is 1.80 bits per heavy atom. The molecule has 10 aromatic rings. The molecule has 0 aliphatic rings. The van der Waals surface area contributed by atoms with Gasteiger partial charge in [0.2, 0.25) is 0 Å². The fourth-order valence-electron chi connectivity index (χ4n) is 6.95. The summed E-state index contributed by atoms with van der Waals surface area (Å²) in [5.74, 6) is 1.78. The van der Waals surface area contributed by atoms with Crippen LogP contribution in [0.15, 0.2) is 168 Å². The molecule has 0 aliphatic carbocycles. The average Bonchev–Trinajstić information content (AvgIpc) is 3.77. The zero-order valence-corrected chi connectivity index (χ0v) is 27.6. The standard InChI is InChI=1S/C45H27N3OS/c1-3-12-28(13-4-1)30-16-11-17-31(26-30)43-46-44(32-22-25-40-37(27-32)34-18-8-10-21-39(34)50-40)48-45(47-43)36-24-23-33(29-14-5-2-6-15-29)41-35-19-7-9-20-38(35)49-42(36)41/h1-27H. The van der Waals surface area contributed by atoms with E-state index in [0.717, 1.165) is 60.9 Å². The van der Waals surface area contributed by atoms with Gasteiger partial charge in [-0.3, -0.25) is 0 Å². The van der Waals surface area contributed by atoms with Crippen LogP contribution in [0, 0.1) is 0 Å². The maximum absolute atomic E-state index is 6.66. The van der Waals surface area contributed by atoms with Gasteiger partial charge in [0.1, 0.15) is 11.2 Å². The van der Waals surface area contributed by atoms with Gasteiger partial charge in [-0.15, -0.1) is 11.3 Å². The normalized spacial score (nSPS) is 11.6. The van der Waals surface area contributed by atoms with Gasteiger partial charge in [0, 0.05) is 42.1 Å². The van der Waals surface area contributed by atoms with E-state index < -0.39 is 0 Å². The van der Waals surface area contributed by atoms with Crippen molar-refractivity contribution >= 4 is 53.4 Å². The molecular formula is C45H27N3OS. The average molecular weight is 658 g/mol. The van der Waals surface area contributed by atoms with Gasteiger partial charge in [-0.05, 0) is 64.7 Å². The molecule has 0 aliphatic heterocycles. The van der Waals surface area contributed by atoms with Crippen LogP contribution in [-0.4, -0.2) is 15.0 Å². The molecule has 4 nitrogen and oxygen atoms in total. The summed E-state index contributed by atoms with van der Waals surface area (Å²) in [5.41, 5.74) is 8.73. The molecule has 3 heterocycles. The van der Waals surface area contributed by atoms with Crippen LogP contribution < -0.4 is 0 Å². The molecule has 0 amide bonds. The van der Waals surface area contributed by atoms with Gasteiger partial charge in [-0.1, -0.05) is 121 Å². The third-order valence-corrected chi connectivity index (χ3v) is 10.5. The monoisotopic (exact) mass is 657 g/mol. The Morgan fingerprint density at radius 2 is 0.980 bits per heavy atom. The lowest BCUT2D eigenvalue weighted by Crippen LogP contribution is -2.00. The Morgan fingerprint density at radius 1 is 0.380 bits per heavy atom. The maximum Gasteiger partial charge on any atom is 0.167 e. The van der Waals surface area contributed by atoms with E-state index in [1.165, 1.54) is 20.2 Å². The second-order valence-corrected chi connectivity index (χ2v) is 13.5. The molecule has 0 bridgehead atoms. The highest BCUT2D eigenvalue weighted by Crippen LogP contribution is 2.42. The van der Waals surface area contributed by atoms with Crippen LogP contribution >= 0.6 is 11.3 Å². The number of furan rings is 1. The SMILES string of the molecule is c1ccc(-c2cccc(-c3nc(-c4ccc5sc6ccccc6c5c4)nc(-c4ccc(-c5ccccc5)c5c4oc4ccccc45)n3)c2)cc1. The lowest BCUT2D eigenvalue weighted by Gasteiger charge is -2.11. The molecule has 234 valence electrons. The van der Waals surface area contributed by atoms with Crippen molar-refractivity contribution in [3.8, 4) is 56.4 Å². The molecule has 0 N–H and O–H groups in total. The summed E-state index contributed by atoms with van der Waals surface area (Å²) in [4.78, 5) is 15.5. The molecule has 10 rings (SSSR count). The summed E-state index contributed by atoms with van der Waals surface area (Å²) in [5, 5.41) is 4.54. The van der Waals surface area contributed by atoms with E-state index in [2.05, 4.69) is 140 Å². The number of aromatic nitrogens is 3. The maximum atomic E-state index is 6.66. The van der Waals surface area contributed by atoms with Gasteiger partial charge >= 0.3 is 0 Å². The van der Waals surface area contributed by atoms with Crippen molar-refractivity contribution < 1.29 is 4.42 Å². The number of benzene rings is 7. The zero-order chi connectivity index (χ0) is 33.0. The number of nitrogens with zero attached hydrogens (tertiary/aromatic N) is 3. The molecule has 0 spiro atoms. The van der Waals surface area contributed by atoms with E-state index in [4.69, 9.17) is 19.4 Å². The van der Waals surface area contributed by atoms with E-state index in [-0.39, 0.29) is 0 Å². The molecule has 0 saturated carbocycles. The van der Waals surface area contributed by atoms with Gasteiger partial charge < -0.3 is 4.42 Å². The van der Waals surface area contributed by atoms with Crippen molar-refractivity contribution in [1.29, 1.82) is 0 Å². The van der Waals surface area contributed by atoms with Crippen molar-refractivity contribution in [2.45, 2.75) is 0 Å². The predicted molar refractivity (Wildman–Crippen MR) is 207 cm³/mol. The van der Waals surface area contributed by atoms with Crippen molar-refractivity contribution in [1.82, 2.24) is 15.0 Å². The number of rotatable bonds is 5. The highest BCUT2D eigenvalue weighted by molar-refractivity contribution is 7.25. The molecule has 7 aromatic carbocycles. The van der Waals surface area contributed by atoms with E-state index >= 15 is 0 Å². The summed E-state index contributed by atoms with van der Waals surface area (Å²) in [7, 11) is 0. The Labute approximate surface area is 292 Å². The first-order valence-corrected chi connectivity index (χ1v) is 17.4. The molecule has 5 heteroatoms. The van der Waals surface area contributed by atoms with Gasteiger partial charge in [0.05, 0.1) is 5.56 Å². The summed E-state index contributed by atoms with van der Waals surface area (Å²) in [6.45, 7) is 0. The number of fused-ring (bicyclic) bond motifs is 6.